The minimum Gasteiger partial charge on any atom is -0.481 e. The Labute approximate surface area is 125 Å². The van der Waals surface area contributed by atoms with Gasteiger partial charge in [0.25, 0.3) is 0 Å². The summed E-state index contributed by atoms with van der Waals surface area (Å²) in [5, 5.41) is 5.20. The molecule has 2 amide bonds. The molecule has 0 unspecified atom stereocenters. The van der Waals surface area contributed by atoms with E-state index < -0.39 is 0 Å². The van der Waals surface area contributed by atoms with Crippen molar-refractivity contribution in [2.24, 2.45) is 0 Å². The van der Waals surface area contributed by atoms with Gasteiger partial charge in [0, 0.05) is 6.54 Å². The summed E-state index contributed by atoms with van der Waals surface area (Å²) in [6, 6.07) is 7.52. The summed E-state index contributed by atoms with van der Waals surface area (Å²) in [5.74, 6) is 6.48. The first-order valence-corrected chi connectivity index (χ1v) is 6.68. The van der Waals surface area contributed by atoms with E-state index in [1.165, 1.54) is 0 Å². The number of ether oxygens (including phenoxy) is 1. The van der Waals surface area contributed by atoms with Crippen LogP contribution >= 0.6 is 0 Å². The Balaban J connectivity index is 2.31. The first kappa shape index (κ1) is 16.4. The van der Waals surface area contributed by atoms with Crippen molar-refractivity contribution in [3.63, 3.8) is 0 Å². The number of urea groups is 1. The number of carbonyl (C=O) groups excluding carboxylic acids is 1. The Morgan fingerprint density at radius 2 is 2.00 bits per heavy atom. The van der Waals surface area contributed by atoms with Crippen LogP contribution in [0.4, 0.5) is 4.79 Å². The van der Waals surface area contributed by atoms with Crippen molar-refractivity contribution < 1.29 is 9.53 Å². The Kier molecular flexibility index (Phi) is 7.93. The molecule has 0 bridgehead atoms. The number of benzene rings is 1. The van der Waals surface area contributed by atoms with Crippen LogP contribution in [0, 0.1) is 11.8 Å². The molecule has 21 heavy (non-hydrogen) atoms. The molecule has 4 nitrogen and oxygen atoms in total. The SMILES string of the molecule is C=CCNC(=O)NCC#CCOc1ccccc1CC=C. The molecule has 0 fully saturated rings. The van der Waals surface area contributed by atoms with Crippen LogP contribution in [0.5, 0.6) is 5.75 Å². The van der Waals surface area contributed by atoms with E-state index in [1.807, 2.05) is 30.3 Å². The van der Waals surface area contributed by atoms with Crippen LogP contribution in [0.3, 0.4) is 0 Å². The van der Waals surface area contributed by atoms with Crippen LogP contribution in [0.2, 0.25) is 0 Å². The zero-order valence-corrected chi connectivity index (χ0v) is 12.0. The van der Waals surface area contributed by atoms with Gasteiger partial charge in [-0.2, -0.15) is 0 Å². The summed E-state index contributed by atoms with van der Waals surface area (Å²) < 4.78 is 5.60. The lowest BCUT2D eigenvalue weighted by molar-refractivity contribution is 0.243. The normalized spacial score (nSPS) is 8.95. The molecule has 0 atom stereocenters. The fourth-order valence-electron chi connectivity index (χ4n) is 1.55. The maximum absolute atomic E-state index is 11.2. The molecule has 0 saturated heterocycles. The average Bonchev–Trinajstić information content (AvgIpc) is 2.50. The molecule has 0 aliphatic rings. The third-order valence-electron chi connectivity index (χ3n) is 2.51. The van der Waals surface area contributed by atoms with Crippen molar-refractivity contribution in [1.82, 2.24) is 10.6 Å². The standard InChI is InChI=1S/C17H20N2O2/c1-3-9-15-10-5-6-11-16(15)21-14-8-7-13-19-17(20)18-12-4-2/h3-6,10-11H,1-2,9,12-14H2,(H2,18,19,20). The van der Waals surface area contributed by atoms with Gasteiger partial charge in [-0.15, -0.1) is 13.2 Å². The van der Waals surface area contributed by atoms with Gasteiger partial charge in [0.05, 0.1) is 6.54 Å². The van der Waals surface area contributed by atoms with E-state index in [0.717, 1.165) is 17.7 Å². The molecule has 1 rings (SSSR count). The van der Waals surface area contributed by atoms with Gasteiger partial charge in [-0.05, 0) is 18.1 Å². The van der Waals surface area contributed by atoms with Gasteiger partial charge in [0.2, 0.25) is 0 Å². The van der Waals surface area contributed by atoms with Crippen LogP contribution in [0.15, 0.2) is 49.6 Å². The number of para-hydroxylation sites is 1. The second-order valence-corrected chi connectivity index (χ2v) is 4.10. The molecule has 0 heterocycles. The van der Waals surface area contributed by atoms with Crippen LogP contribution in [-0.2, 0) is 6.42 Å². The highest BCUT2D eigenvalue weighted by atomic mass is 16.5. The highest BCUT2D eigenvalue weighted by molar-refractivity contribution is 5.74. The Morgan fingerprint density at radius 1 is 1.19 bits per heavy atom. The van der Waals surface area contributed by atoms with Crippen LogP contribution in [-0.4, -0.2) is 25.7 Å². The van der Waals surface area contributed by atoms with Crippen LogP contribution in [0.25, 0.3) is 0 Å². The molecule has 2 N–H and O–H groups in total. The number of rotatable bonds is 7. The average molecular weight is 284 g/mol. The Morgan fingerprint density at radius 3 is 2.76 bits per heavy atom. The molecule has 110 valence electrons. The highest BCUT2D eigenvalue weighted by Gasteiger charge is 1.99. The predicted molar refractivity (Wildman–Crippen MR) is 85.2 cm³/mol. The second kappa shape index (κ2) is 10.2. The molecule has 0 aliphatic carbocycles. The van der Waals surface area contributed by atoms with Gasteiger partial charge in [-0.25, -0.2) is 4.79 Å². The minimum absolute atomic E-state index is 0.263. The summed E-state index contributed by atoms with van der Waals surface area (Å²) in [7, 11) is 0. The molecule has 0 spiro atoms. The van der Waals surface area contributed by atoms with Crippen molar-refractivity contribution in [3.8, 4) is 17.6 Å². The third kappa shape index (κ3) is 6.88. The number of allylic oxidation sites excluding steroid dienone is 1. The minimum atomic E-state index is -0.263. The summed E-state index contributed by atoms with van der Waals surface area (Å²) in [4.78, 5) is 11.2. The molecule has 0 radical (unpaired) electrons. The van der Waals surface area contributed by atoms with Gasteiger partial charge >= 0.3 is 6.03 Å². The van der Waals surface area contributed by atoms with Crippen molar-refractivity contribution in [1.29, 1.82) is 0 Å². The highest BCUT2D eigenvalue weighted by Crippen LogP contribution is 2.18. The van der Waals surface area contributed by atoms with Gasteiger partial charge in [0.1, 0.15) is 12.4 Å². The van der Waals surface area contributed by atoms with E-state index in [2.05, 4.69) is 35.6 Å². The lowest BCUT2D eigenvalue weighted by atomic mass is 10.1. The molecule has 1 aromatic carbocycles. The maximum Gasteiger partial charge on any atom is 0.315 e. The molecule has 0 saturated carbocycles. The van der Waals surface area contributed by atoms with E-state index in [-0.39, 0.29) is 19.2 Å². The topological polar surface area (TPSA) is 50.4 Å². The second-order valence-electron chi connectivity index (χ2n) is 4.10. The van der Waals surface area contributed by atoms with Crippen LogP contribution in [0.1, 0.15) is 5.56 Å². The fourth-order valence-corrected chi connectivity index (χ4v) is 1.55. The van der Waals surface area contributed by atoms with E-state index in [0.29, 0.717) is 6.54 Å². The number of nitrogens with one attached hydrogen (secondary N) is 2. The number of carbonyl (C=O) groups is 1. The van der Waals surface area contributed by atoms with Gasteiger partial charge in [0.15, 0.2) is 0 Å². The molecule has 0 aliphatic heterocycles. The summed E-state index contributed by atoms with van der Waals surface area (Å²) in [6.07, 6.45) is 4.20. The lowest BCUT2D eigenvalue weighted by Gasteiger charge is -2.07. The lowest BCUT2D eigenvalue weighted by Crippen LogP contribution is -2.35. The monoisotopic (exact) mass is 284 g/mol. The first-order valence-electron chi connectivity index (χ1n) is 6.68. The smallest absolute Gasteiger partial charge is 0.315 e. The van der Waals surface area contributed by atoms with Gasteiger partial charge < -0.3 is 15.4 Å². The number of amides is 2. The quantitative estimate of drug-likeness (QED) is 0.596. The largest absolute Gasteiger partial charge is 0.481 e. The van der Waals surface area contributed by atoms with Gasteiger partial charge in [-0.3, -0.25) is 0 Å². The van der Waals surface area contributed by atoms with Gasteiger partial charge in [-0.1, -0.05) is 42.2 Å². The Bertz CT molecular complexity index is 541. The van der Waals surface area contributed by atoms with Crippen LogP contribution < -0.4 is 15.4 Å². The van der Waals surface area contributed by atoms with E-state index in [1.54, 1.807) is 6.08 Å². The van der Waals surface area contributed by atoms with Crippen molar-refractivity contribution >= 4 is 6.03 Å². The summed E-state index contributed by atoms with van der Waals surface area (Å²) >= 11 is 0. The zero-order valence-electron chi connectivity index (χ0n) is 12.0. The van der Waals surface area contributed by atoms with E-state index in [9.17, 15) is 4.79 Å². The number of hydrogen-bond acceptors (Lipinski definition) is 2. The zero-order chi connectivity index (χ0) is 15.3. The van der Waals surface area contributed by atoms with Crippen molar-refractivity contribution in [3.05, 3.63) is 55.1 Å². The fraction of sp³-hybridized carbons (Fsp3) is 0.235. The molecule has 4 heteroatoms. The van der Waals surface area contributed by atoms with E-state index in [4.69, 9.17) is 4.74 Å². The molecular weight excluding hydrogens is 264 g/mol. The maximum atomic E-state index is 11.2. The predicted octanol–water partition coefficient (Wildman–Crippen LogP) is 2.28. The molecule has 1 aromatic rings. The summed E-state index contributed by atoms with van der Waals surface area (Å²) in [5.41, 5.74) is 1.08. The summed E-state index contributed by atoms with van der Waals surface area (Å²) in [6.45, 7) is 8.22. The van der Waals surface area contributed by atoms with E-state index >= 15 is 0 Å². The first-order chi connectivity index (χ1) is 10.3. The van der Waals surface area contributed by atoms with Crippen molar-refractivity contribution in [2.45, 2.75) is 6.42 Å². The molecule has 0 aromatic heterocycles. The Hall–Kier alpha value is -2.67. The number of hydrogen-bond donors (Lipinski definition) is 2. The van der Waals surface area contributed by atoms with Crippen molar-refractivity contribution in [2.75, 3.05) is 19.7 Å². The molecular formula is C17H20N2O2. The third-order valence-corrected chi connectivity index (χ3v) is 2.51.